The van der Waals surface area contributed by atoms with Crippen LogP contribution >= 0.6 is 0 Å². The smallest absolute Gasteiger partial charge is 0.0891 e. The van der Waals surface area contributed by atoms with Gasteiger partial charge in [0.05, 0.1) is 11.5 Å². The zero-order valence-corrected chi connectivity index (χ0v) is 9.49. The molecule has 2 heteroatoms. The average molecular weight is 200 g/mol. The van der Waals surface area contributed by atoms with Gasteiger partial charge in [-0.1, -0.05) is 26.8 Å². The fourth-order valence-electron chi connectivity index (χ4n) is 2.87. The molecule has 0 aromatic carbocycles. The first-order valence-corrected chi connectivity index (χ1v) is 5.48. The van der Waals surface area contributed by atoms with Gasteiger partial charge >= 0.3 is 0 Å². The van der Waals surface area contributed by atoms with Gasteiger partial charge in [0.15, 0.2) is 0 Å². The first-order chi connectivity index (χ1) is 7.13. The molecule has 1 aromatic rings. The van der Waals surface area contributed by atoms with Gasteiger partial charge in [0, 0.05) is 11.9 Å². The van der Waals surface area contributed by atoms with Crippen molar-refractivity contribution in [3.05, 3.63) is 29.6 Å². The molecular formula is C13H16N2. The summed E-state index contributed by atoms with van der Waals surface area (Å²) in [5.74, 6) is 0.704. The number of nitriles is 1. The lowest BCUT2D eigenvalue weighted by molar-refractivity contribution is 0.302. The van der Waals surface area contributed by atoms with Gasteiger partial charge < -0.3 is 0 Å². The molecule has 0 saturated carbocycles. The summed E-state index contributed by atoms with van der Waals surface area (Å²) in [4.78, 5) is 4.38. The topological polar surface area (TPSA) is 36.7 Å². The van der Waals surface area contributed by atoms with Crippen LogP contribution in [0.3, 0.4) is 0 Å². The summed E-state index contributed by atoms with van der Waals surface area (Å²) in [7, 11) is 0. The molecule has 2 atom stereocenters. The summed E-state index contributed by atoms with van der Waals surface area (Å²) < 4.78 is 0. The number of nitrogens with zero attached hydrogens (tertiary/aromatic N) is 2. The molecule has 2 rings (SSSR count). The molecule has 1 aliphatic rings. The lowest BCUT2D eigenvalue weighted by atomic mass is 9.69. The third kappa shape index (κ3) is 1.19. The van der Waals surface area contributed by atoms with E-state index in [9.17, 15) is 5.26 Å². The summed E-state index contributed by atoms with van der Waals surface area (Å²) in [5.41, 5.74) is 1.93. The predicted octanol–water partition coefficient (Wildman–Crippen LogP) is 2.69. The Bertz CT molecular complexity index is 417. The van der Waals surface area contributed by atoms with Crippen LogP contribution in [-0.4, -0.2) is 4.98 Å². The highest BCUT2D eigenvalue weighted by Crippen LogP contribution is 2.46. The summed E-state index contributed by atoms with van der Waals surface area (Å²) >= 11 is 0. The second kappa shape index (κ2) is 3.34. The number of aromatic nitrogens is 1. The van der Waals surface area contributed by atoms with E-state index in [-0.39, 0.29) is 5.41 Å². The van der Waals surface area contributed by atoms with Crippen LogP contribution in [0, 0.1) is 23.2 Å². The van der Waals surface area contributed by atoms with Crippen LogP contribution in [0.1, 0.15) is 32.0 Å². The van der Waals surface area contributed by atoms with Crippen molar-refractivity contribution in [1.82, 2.24) is 4.98 Å². The van der Waals surface area contributed by atoms with E-state index in [4.69, 9.17) is 0 Å². The van der Waals surface area contributed by atoms with Crippen molar-refractivity contribution < 1.29 is 0 Å². The third-order valence-corrected chi connectivity index (χ3v) is 3.71. The Kier molecular flexibility index (Phi) is 2.26. The monoisotopic (exact) mass is 200 g/mol. The second-order valence-electron chi connectivity index (χ2n) is 4.74. The number of pyridine rings is 1. The summed E-state index contributed by atoms with van der Waals surface area (Å²) in [6.45, 7) is 6.41. The lowest BCUT2D eigenvalue weighted by Crippen LogP contribution is -2.34. The zero-order valence-electron chi connectivity index (χ0n) is 9.49. The lowest BCUT2D eigenvalue weighted by Gasteiger charge is -2.31. The van der Waals surface area contributed by atoms with Crippen LogP contribution in [-0.2, 0) is 11.8 Å². The molecule has 0 bridgehead atoms. The maximum atomic E-state index is 9.53. The minimum atomic E-state index is -0.330. The van der Waals surface area contributed by atoms with Gasteiger partial charge in [-0.3, -0.25) is 4.98 Å². The van der Waals surface area contributed by atoms with Crippen molar-refractivity contribution in [3.8, 4) is 6.07 Å². The molecule has 0 aliphatic heterocycles. The van der Waals surface area contributed by atoms with Crippen LogP contribution < -0.4 is 0 Å². The Morgan fingerprint density at radius 3 is 2.93 bits per heavy atom. The SMILES string of the molecule is CC(C)[C@@]1(C#N)c2cccnc2C[C@@H]1C. The Hall–Kier alpha value is -1.36. The van der Waals surface area contributed by atoms with Crippen molar-refractivity contribution in [3.63, 3.8) is 0 Å². The van der Waals surface area contributed by atoms with Gasteiger partial charge in [-0.25, -0.2) is 0 Å². The number of fused-ring (bicyclic) bond motifs is 1. The average Bonchev–Trinajstić information content (AvgIpc) is 2.50. The van der Waals surface area contributed by atoms with E-state index in [0.29, 0.717) is 11.8 Å². The number of hydrogen-bond donors (Lipinski definition) is 0. The maximum absolute atomic E-state index is 9.53. The van der Waals surface area contributed by atoms with E-state index in [1.165, 1.54) is 0 Å². The van der Waals surface area contributed by atoms with Crippen molar-refractivity contribution in [2.45, 2.75) is 32.6 Å². The van der Waals surface area contributed by atoms with E-state index < -0.39 is 0 Å². The molecule has 0 unspecified atom stereocenters. The Labute approximate surface area is 91.0 Å². The fourth-order valence-corrected chi connectivity index (χ4v) is 2.87. The van der Waals surface area contributed by atoms with Crippen LogP contribution in [0.25, 0.3) is 0 Å². The van der Waals surface area contributed by atoms with Crippen molar-refractivity contribution >= 4 is 0 Å². The molecule has 0 spiro atoms. The van der Waals surface area contributed by atoms with Gasteiger partial charge in [-0.15, -0.1) is 0 Å². The van der Waals surface area contributed by atoms with Gasteiger partial charge in [-0.05, 0) is 29.9 Å². The van der Waals surface area contributed by atoms with E-state index in [1.807, 2.05) is 12.3 Å². The van der Waals surface area contributed by atoms with Crippen molar-refractivity contribution in [2.24, 2.45) is 11.8 Å². The zero-order chi connectivity index (χ0) is 11.1. The maximum Gasteiger partial charge on any atom is 0.0891 e. The molecule has 0 saturated heterocycles. The van der Waals surface area contributed by atoms with E-state index >= 15 is 0 Å². The molecule has 1 aromatic heterocycles. The summed E-state index contributed by atoms with van der Waals surface area (Å²) in [6, 6.07) is 6.54. The first kappa shape index (κ1) is 10.2. The number of hydrogen-bond acceptors (Lipinski definition) is 2. The predicted molar refractivity (Wildman–Crippen MR) is 59.2 cm³/mol. The molecular weight excluding hydrogens is 184 g/mol. The molecule has 2 nitrogen and oxygen atoms in total. The standard InChI is InChI=1S/C13H16N2/c1-9(2)13(8-14)10(3)7-12-11(13)5-4-6-15-12/h4-6,9-10H,7H2,1-3H3/t10-,13+/m0/s1. The van der Waals surface area contributed by atoms with Gasteiger partial charge in [0.1, 0.15) is 0 Å². The van der Waals surface area contributed by atoms with Crippen LogP contribution in [0.2, 0.25) is 0 Å². The highest BCUT2D eigenvalue weighted by molar-refractivity contribution is 5.42. The highest BCUT2D eigenvalue weighted by atomic mass is 14.7. The Balaban J connectivity index is 2.63. The van der Waals surface area contributed by atoms with Gasteiger partial charge in [-0.2, -0.15) is 5.26 Å². The van der Waals surface area contributed by atoms with Crippen LogP contribution in [0.15, 0.2) is 18.3 Å². The Morgan fingerprint density at radius 2 is 2.33 bits per heavy atom. The van der Waals surface area contributed by atoms with Gasteiger partial charge in [0.25, 0.3) is 0 Å². The fraction of sp³-hybridized carbons (Fsp3) is 0.538. The third-order valence-electron chi connectivity index (χ3n) is 3.71. The molecule has 1 heterocycles. The quantitative estimate of drug-likeness (QED) is 0.698. The van der Waals surface area contributed by atoms with E-state index in [1.54, 1.807) is 0 Å². The van der Waals surface area contributed by atoms with Gasteiger partial charge in [0.2, 0.25) is 0 Å². The highest BCUT2D eigenvalue weighted by Gasteiger charge is 2.47. The Morgan fingerprint density at radius 1 is 1.60 bits per heavy atom. The first-order valence-electron chi connectivity index (χ1n) is 5.48. The molecule has 78 valence electrons. The molecule has 15 heavy (non-hydrogen) atoms. The van der Waals surface area contributed by atoms with E-state index in [0.717, 1.165) is 17.7 Å². The number of rotatable bonds is 1. The molecule has 0 radical (unpaired) electrons. The molecule has 0 fully saturated rings. The van der Waals surface area contributed by atoms with Crippen LogP contribution in [0.5, 0.6) is 0 Å². The van der Waals surface area contributed by atoms with Crippen molar-refractivity contribution in [1.29, 1.82) is 5.26 Å². The molecule has 0 amide bonds. The summed E-state index contributed by atoms with van der Waals surface area (Å²) in [6.07, 6.45) is 2.75. The van der Waals surface area contributed by atoms with Crippen molar-refractivity contribution in [2.75, 3.05) is 0 Å². The molecule has 0 N–H and O–H groups in total. The molecule has 1 aliphatic carbocycles. The summed E-state index contributed by atoms with van der Waals surface area (Å²) in [5, 5.41) is 9.53. The van der Waals surface area contributed by atoms with Crippen LogP contribution in [0.4, 0.5) is 0 Å². The minimum absolute atomic E-state index is 0.330. The normalized spacial score (nSPS) is 28.9. The largest absolute Gasteiger partial charge is 0.261 e. The second-order valence-corrected chi connectivity index (χ2v) is 4.74. The van der Waals surface area contributed by atoms with E-state index in [2.05, 4.69) is 37.9 Å². The minimum Gasteiger partial charge on any atom is -0.261 e.